The summed E-state index contributed by atoms with van der Waals surface area (Å²) in [5.41, 5.74) is 3.03. The topological polar surface area (TPSA) is 77.5 Å². The van der Waals surface area contributed by atoms with Gasteiger partial charge in [0, 0.05) is 38.1 Å². The van der Waals surface area contributed by atoms with E-state index in [9.17, 15) is 9.59 Å². The number of esters is 2. The number of anilines is 1. The highest BCUT2D eigenvalue weighted by Gasteiger charge is 2.38. The quantitative estimate of drug-likeness (QED) is 0.506. The number of ether oxygens (including phenoxy) is 2. The van der Waals surface area contributed by atoms with Gasteiger partial charge in [-0.3, -0.25) is 4.98 Å². The van der Waals surface area contributed by atoms with Crippen LogP contribution < -0.4 is 5.32 Å². The Hall–Kier alpha value is -3.15. The van der Waals surface area contributed by atoms with Crippen molar-refractivity contribution in [3.05, 3.63) is 71.7 Å². The lowest BCUT2D eigenvalue weighted by atomic mass is 10.1. The van der Waals surface area contributed by atoms with Crippen molar-refractivity contribution < 1.29 is 19.1 Å². The predicted octanol–water partition coefficient (Wildman–Crippen LogP) is 3.00. The minimum Gasteiger partial charge on any atom is -0.419 e. The number of hydrogen-bond donors (Lipinski definition) is 1. The molecule has 1 aromatic heterocycles. The number of aryl methyl sites for hydroxylation is 2. The van der Waals surface area contributed by atoms with E-state index in [1.54, 1.807) is 12.4 Å². The van der Waals surface area contributed by atoms with Gasteiger partial charge >= 0.3 is 11.9 Å². The summed E-state index contributed by atoms with van der Waals surface area (Å²) in [6.07, 6.45) is 6.74. The van der Waals surface area contributed by atoms with E-state index in [1.165, 1.54) is 31.2 Å². The van der Waals surface area contributed by atoms with Crippen molar-refractivity contribution in [2.75, 3.05) is 5.32 Å². The van der Waals surface area contributed by atoms with Crippen LogP contribution in [0.5, 0.6) is 0 Å². The molecular formula is C20H20N2O4. The molecule has 6 nitrogen and oxygen atoms in total. The van der Waals surface area contributed by atoms with E-state index in [0.29, 0.717) is 0 Å². The molecule has 0 aliphatic carbocycles. The summed E-state index contributed by atoms with van der Waals surface area (Å²) in [5.74, 6) is -2.64. The highest BCUT2D eigenvalue weighted by Crippen LogP contribution is 2.22. The summed E-state index contributed by atoms with van der Waals surface area (Å²) >= 11 is 0. The third kappa shape index (κ3) is 4.47. The van der Waals surface area contributed by atoms with Crippen LogP contribution in [-0.4, -0.2) is 22.7 Å². The number of benzene rings is 1. The molecular weight excluding hydrogens is 332 g/mol. The largest absolute Gasteiger partial charge is 0.419 e. The van der Waals surface area contributed by atoms with Crippen LogP contribution >= 0.6 is 0 Å². The molecule has 2 heterocycles. The first kappa shape index (κ1) is 17.7. The zero-order valence-corrected chi connectivity index (χ0v) is 14.7. The lowest BCUT2D eigenvalue weighted by Gasteiger charge is -2.29. The molecule has 26 heavy (non-hydrogen) atoms. The molecule has 0 radical (unpaired) electrons. The van der Waals surface area contributed by atoms with Crippen molar-refractivity contribution in [3.8, 4) is 0 Å². The Labute approximate surface area is 151 Å². The minimum absolute atomic E-state index is 0.161. The van der Waals surface area contributed by atoms with Crippen LogP contribution in [-0.2, 0) is 31.9 Å². The van der Waals surface area contributed by atoms with E-state index in [2.05, 4.69) is 10.3 Å². The first-order valence-corrected chi connectivity index (χ1v) is 8.34. The molecule has 0 atom stereocenters. The second-order valence-corrected chi connectivity index (χ2v) is 6.43. The molecule has 2 aromatic rings. The van der Waals surface area contributed by atoms with Gasteiger partial charge in [-0.05, 0) is 48.2 Å². The van der Waals surface area contributed by atoms with E-state index in [-0.39, 0.29) is 5.57 Å². The van der Waals surface area contributed by atoms with Crippen molar-refractivity contribution in [3.63, 3.8) is 0 Å². The third-order valence-corrected chi connectivity index (χ3v) is 3.91. The molecule has 1 aromatic carbocycles. The van der Waals surface area contributed by atoms with Crippen molar-refractivity contribution >= 4 is 17.6 Å². The van der Waals surface area contributed by atoms with E-state index < -0.39 is 17.7 Å². The summed E-state index contributed by atoms with van der Waals surface area (Å²) in [6.45, 7) is 3.02. The van der Waals surface area contributed by atoms with Crippen molar-refractivity contribution in [2.24, 2.45) is 0 Å². The summed E-state index contributed by atoms with van der Waals surface area (Å²) in [5, 5.41) is 2.93. The predicted molar refractivity (Wildman–Crippen MR) is 96.1 cm³/mol. The van der Waals surface area contributed by atoms with Gasteiger partial charge in [0.05, 0.1) is 0 Å². The maximum Gasteiger partial charge on any atom is 0.350 e. The molecule has 134 valence electrons. The Morgan fingerprint density at radius 3 is 2.04 bits per heavy atom. The van der Waals surface area contributed by atoms with Gasteiger partial charge in [0.1, 0.15) is 0 Å². The molecule has 0 spiro atoms. The summed E-state index contributed by atoms with van der Waals surface area (Å²) in [6, 6.07) is 11.8. The fraction of sp³-hybridized carbons (Fsp3) is 0.250. The van der Waals surface area contributed by atoms with Gasteiger partial charge in [-0.25, -0.2) is 9.59 Å². The van der Waals surface area contributed by atoms with Crippen LogP contribution in [0.3, 0.4) is 0 Å². The minimum atomic E-state index is -1.23. The van der Waals surface area contributed by atoms with Crippen LogP contribution in [0.25, 0.3) is 0 Å². The number of carbonyl (C=O) groups is 2. The molecule has 1 aliphatic heterocycles. The number of hydrogen-bond acceptors (Lipinski definition) is 6. The fourth-order valence-electron chi connectivity index (χ4n) is 2.54. The number of nitrogens with one attached hydrogen (secondary N) is 1. The van der Waals surface area contributed by atoms with E-state index >= 15 is 0 Å². The average Bonchev–Trinajstić information content (AvgIpc) is 2.60. The Morgan fingerprint density at radius 2 is 1.46 bits per heavy atom. The second kappa shape index (κ2) is 7.39. The number of cyclic esters (lactones) is 2. The van der Waals surface area contributed by atoms with E-state index in [4.69, 9.17) is 9.47 Å². The van der Waals surface area contributed by atoms with Crippen LogP contribution in [0.15, 0.2) is 60.6 Å². The summed E-state index contributed by atoms with van der Waals surface area (Å²) in [7, 11) is 0. The average molecular weight is 352 g/mol. The smallest absolute Gasteiger partial charge is 0.350 e. The van der Waals surface area contributed by atoms with Crippen LogP contribution in [0.1, 0.15) is 25.0 Å². The number of rotatable bonds is 5. The number of carbonyl (C=O) groups excluding carboxylic acids is 2. The first-order valence-electron chi connectivity index (χ1n) is 8.34. The van der Waals surface area contributed by atoms with Gasteiger partial charge < -0.3 is 14.8 Å². The normalized spacial score (nSPS) is 15.8. The fourth-order valence-corrected chi connectivity index (χ4v) is 2.54. The van der Waals surface area contributed by atoms with E-state index in [0.717, 1.165) is 18.5 Å². The molecule has 1 fully saturated rings. The molecule has 6 heteroatoms. The number of nitrogens with zero attached hydrogens (tertiary/aromatic N) is 1. The van der Waals surface area contributed by atoms with Gasteiger partial charge in [0.15, 0.2) is 5.57 Å². The van der Waals surface area contributed by atoms with Crippen LogP contribution in [0.4, 0.5) is 5.69 Å². The van der Waals surface area contributed by atoms with Gasteiger partial charge in [0.2, 0.25) is 0 Å². The van der Waals surface area contributed by atoms with Gasteiger partial charge in [0.25, 0.3) is 5.79 Å². The molecule has 3 rings (SSSR count). The van der Waals surface area contributed by atoms with Crippen LogP contribution in [0, 0.1) is 0 Å². The lowest BCUT2D eigenvalue weighted by molar-refractivity contribution is -0.222. The zero-order chi connectivity index (χ0) is 18.6. The molecule has 1 saturated heterocycles. The number of pyridine rings is 1. The van der Waals surface area contributed by atoms with Gasteiger partial charge in [-0.2, -0.15) is 0 Å². The molecule has 0 bridgehead atoms. The first-order chi connectivity index (χ1) is 12.4. The summed E-state index contributed by atoms with van der Waals surface area (Å²) in [4.78, 5) is 27.8. The maximum absolute atomic E-state index is 11.9. The second-order valence-electron chi connectivity index (χ2n) is 6.43. The molecule has 0 amide bonds. The lowest BCUT2D eigenvalue weighted by Crippen LogP contribution is -2.42. The highest BCUT2D eigenvalue weighted by atomic mass is 16.7. The van der Waals surface area contributed by atoms with Crippen molar-refractivity contribution in [1.82, 2.24) is 4.98 Å². The Morgan fingerprint density at radius 1 is 0.923 bits per heavy atom. The third-order valence-electron chi connectivity index (χ3n) is 3.91. The van der Waals surface area contributed by atoms with Gasteiger partial charge in [-0.1, -0.05) is 12.1 Å². The van der Waals surface area contributed by atoms with Crippen molar-refractivity contribution in [1.29, 1.82) is 0 Å². The molecule has 1 N–H and O–H groups in total. The van der Waals surface area contributed by atoms with Crippen molar-refractivity contribution in [2.45, 2.75) is 32.5 Å². The maximum atomic E-state index is 11.9. The zero-order valence-electron chi connectivity index (χ0n) is 14.7. The monoisotopic (exact) mass is 352 g/mol. The Kier molecular flexibility index (Phi) is 5.02. The van der Waals surface area contributed by atoms with Crippen LogP contribution in [0.2, 0.25) is 0 Å². The SMILES string of the molecule is CC1(C)OC(=O)C(=CNc2ccc(CCc3ccncc3)cc2)C(=O)O1. The van der Waals surface area contributed by atoms with Gasteiger partial charge in [-0.15, -0.1) is 0 Å². The number of aromatic nitrogens is 1. The Balaban J connectivity index is 1.59. The molecule has 0 unspecified atom stereocenters. The molecule has 1 aliphatic rings. The summed E-state index contributed by atoms with van der Waals surface area (Å²) < 4.78 is 10.1. The standard InChI is InChI=1S/C20H20N2O4/c1-20(2)25-18(23)17(19(24)26-20)13-22-16-7-5-14(6-8-16)3-4-15-9-11-21-12-10-15/h5-13,22H,3-4H2,1-2H3. The molecule has 0 saturated carbocycles. The van der Waals surface area contributed by atoms with E-state index in [1.807, 2.05) is 36.4 Å². The Bertz CT molecular complexity index is 805. The highest BCUT2D eigenvalue weighted by molar-refractivity contribution is 6.15.